The number of carbonyl (C=O) groups is 1. The molecule has 5 heteroatoms. The van der Waals surface area contributed by atoms with Gasteiger partial charge in [-0.2, -0.15) is 0 Å². The summed E-state index contributed by atoms with van der Waals surface area (Å²) in [5, 5.41) is 12.2. The van der Waals surface area contributed by atoms with E-state index in [9.17, 15) is 9.90 Å². The molecule has 1 heterocycles. The molecule has 1 aromatic carbocycles. The molecule has 0 atom stereocenters. The second-order valence-corrected chi connectivity index (χ2v) is 5.19. The van der Waals surface area contributed by atoms with Crippen LogP contribution < -0.4 is 5.32 Å². The van der Waals surface area contributed by atoms with E-state index in [0.717, 1.165) is 10.0 Å². The molecule has 0 unspecified atom stereocenters. The van der Waals surface area contributed by atoms with Gasteiger partial charge in [-0.15, -0.1) is 0 Å². The molecule has 0 radical (unpaired) electrons. The molecule has 4 nitrogen and oxygen atoms in total. The molecule has 1 aromatic heterocycles. The van der Waals surface area contributed by atoms with Crippen LogP contribution >= 0.6 is 15.9 Å². The third kappa shape index (κ3) is 3.12. The van der Waals surface area contributed by atoms with Crippen LogP contribution in [0.25, 0.3) is 0 Å². The molecule has 0 aliphatic carbocycles. The van der Waals surface area contributed by atoms with E-state index in [1.54, 1.807) is 25.3 Å². The molecular weight excluding hydrogens is 308 g/mol. The van der Waals surface area contributed by atoms with Gasteiger partial charge in [0.2, 0.25) is 0 Å². The van der Waals surface area contributed by atoms with Gasteiger partial charge in [-0.25, -0.2) is 4.98 Å². The number of pyridine rings is 1. The van der Waals surface area contributed by atoms with Gasteiger partial charge in [0.25, 0.3) is 5.91 Å². The predicted octanol–water partition coefficient (Wildman–Crippen LogP) is 3.42. The first-order chi connectivity index (χ1) is 8.97. The molecule has 0 aliphatic heterocycles. The zero-order valence-corrected chi connectivity index (χ0v) is 12.2. The number of anilines is 1. The van der Waals surface area contributed by atoms with Crippen LogP contribution in [0.3, 0.4) is 0 Å². The molecule has 0 spiro atoms. The number of aromatic nitrogens is 1. The summed E-state index contributed by atoms with van der Waals surface area (Å²) in [6, 6.07) is 6.60. The molecule has 2 aromatic rings. The standard InChI is InChI=1S/C14H13BrN2O2/c1-8-5-10(3-4-12(8)18)14(19)17-13-9(2)6-11(15)7-16-13/h3-7,18H,1-2H3,(H,16,17,19). The molecule has 0 saturated carbocycles. The first-order valence-corrected chi connectivity index (χ1v) is 6.50. The number of carbonyl (C=O) groups excluding carboxylic acids is 1. The molecule has 19 heavy (non-hydrogen) atoms. The minimum Gasteiger partial charge on any atom is -0.508 e. The van der Waals surface area contributed by atoms with E-state index in [1.807, 2.05) is 13.0 Å². The number of hydrogen-bond donors (Lipinski definition) is 2. The van der Waals surface area contributed by atoms with Gasteiger partial charge in [0, 0.05) is 16.2 Å². The zero-order valence-electron chi connectivity index (χ0n) is 10.6. The Morgan fingerprint density at radius 2 is 2.00 bits per heavy atom. The molecule has 2 N–H and O–H groups in total. The van der Waals surface area contributed by atoms with E-state index >= 15 is 0 Å². The summed E-state index contributed by atoms with van der Waals surface area (Å²) in [7, 11) is 0. The van der Waals surface area contributed by atoms with E-state index in [-0.39, 0.29) is 11.7 Å². The van der Waals surface area contributed by atoms with Gasteiger partial charge in [0.1, 0.15) is 11.6 Å². The van der Waals surface area contributed by atoms with E-state index < -0.39 is 0 Å². The van der Waals surface area contributed by atoms with Gasteiger partial charge in [0.15, 0.2) is 0 Å². The first kappa shape index (κ1) is 13.5. The maximum atomic E-state index is 12.1. The van der Waals surface area contributed by atoms with Crippen LogP contribution in [0.5, 0.6) is 5.75 Å². The largest absolute Gasteiger partial charge is 0.508 e. The number of benzene rings is 1. The van der Waals surface area contributed by atoms with Crippen LogP contribution in [-0.4, -0.2) is 16.0 Å². The van der Waals surface area contributed by atoms with Crippen LogP contribution in [-0.2, 0) is 0 Å². The number of rotatable bonds is 2. The molecule has 0 saturated heterocycles. The fourth-order valence-electron chi connectivity index (χ4n) is 1.65. The van der Waals surface area contributed by atoms with Crippen molar-refractivity contribution >= 4 is 27.7 Å². The zero-order chi connectivity index (χ0) is 14.0. The van der Waals surface area contributed by atoms with Gasteiger partial charge < -0.3 is 10.4 Å². The lowest BCUT2D eigenvalue weighted by molar-refractivity contribution is 0.102. The van der Waals surface area contributed by atoms with Crippen molar-refractivity contribution in [3.05, 3.63) is 51.6 Å². The van der Waals surface area contributed by atoms with Crippen molar-refractivity contribution in [1.29, 1.82) is 0 Å². The summed E-state index contributed by atoms with van der Waals surface area (Å²) < 4.78 is 0.864. The minimum atomic E-state index is -0.249. The number of hydrogen-bond acceptors (Lipinski definition) is 3. The van der Waals surface area contributed by atoms with Gasteiger partial charge in [-0.05, 0) is 65.2 Å². The van der Waals surface area contributed by atoms with E-state index in [1.165, 1.54) is 6.07 Å². The Morgan fingerprint density at radius 1 is 1.26 bits per heavy atom. The van der Waals surface area contributed by atoms with Crippen molar-refractivity contribution in [2.45, 2.75) is 13.8 Å². The molecular formula is C14H13BrN2O2. The normalized spacial score (nSPS) is 10.3. The van der Waals surface area contributed by atoms with Crippen LogP contribution in [0.15, 0.2) is 34.9 Å². The lowest BCUT2D eigenvalue weighted by Gasteiger charge is -2.08. The number of nitrogens with one attached hydrogen (secondary N) is 1. The average molecular weight is 321 g/mol. The molecule has 0 bridgehead atoms. The minimum absolute atomic E-state index is 0.175. The summed E-state index contributed by atoms with van der Waals surface area (Å²) in [6.07, 6.45) is 1.63. The predicted molar refractivity (Wildman–Crippen MR) is 77.5 cm³/mol. The third-order valence-electron chi connectivity index (χ3n) is 2.74. The van der Waals surface area contributed by atoms with Crippen LogP contribution in [0, 0.1) is 13.8 Å². The topological polar surface area (TPSA) is 62.2 Å². The summed E-state index contributed by atoms with van der Waals surface area (Å²) in [6.45, 7) is 3.62. The number of amides is 1. The van der Waals surface area contributed by atoms with Crippen LogP contribution in [0.4, 0.5) is 5.82 Å². The molecule has 0 aliphatic rings. The first-order valence-electron chi connectivity index (χ1n) is 5.70. The van der Waals surface area contributed by atoms with Gasteiger partial charge >= 0.3 is 0 Å². The Kier molecular flexibility index (Phi) is 3.85. The van der Waals surface area contributed by atoms with E-state index in [0.29, 0.717) is 16.9 Å². The SMILES string of the molecule is Cc1cc(C(=O)Nc2ncc(Br)cc2C)ccc1O. The summed E-state index contributed by atoms with van der Waals surface area (Å²) >= 11 is 3.32. The van der Waals surface area contributed by atoms with Crippen molar-refractivity contribution < 1.29 is 9.90 Å². The van der Waals surface area contributed by atoms with Gasteiger partial charge in [-0.3, -0.25) is 4.79 Å². The number of halogens is 1. The molecule has 1 amide bonds. The smallest absolute Gasteiger partial charge is 0.256 e. The van der Waals surface area contributed by atoms with E-state index in [4.69, 9.17) is 0 Å². The Hall–Kier alpha value is -1.88. The number of phenolic OH excluding ortho intramolecular Hbond substituents is 1. The number of nitrogens with zero attached hydrogens (tertiary/aromatic N) is 1. The van der Waals surface area contributed by atoms with Crippen molar-refractivity contribution in [3.8, 4) is 5.75 Å². The molecule has 0 fully saturated rings. The Balaban J connectivity index is 2.23. The number of aryl methyl sites for hydroxylation is 2. The van der Waals surface area contributed by atoms with Gasteiger partial charge in [-0.1, -0.05) is 0 Å². The lowest BCUT2D eigenvalue weighted by Crippen LogP contribution is -2.14. The monoisotopic (exact) mass is 320 g/mol. The summed E-state index contributed by atoms with van der Waals surface area (Å²) in [5.74, 6) is 0.453. The fraction of sp³-hybridized carbons (Fsp3) is 0.143. The quantitative estimate of drug-likeness (QED) is 0.891. The highest BCUT2D eigenvalue weighted by Gasteiger charge is 2.10. The number of phenols is 1. The Morgan fingerprint density at radius 3 is 2.63 bits per heavy atom. The third-order valence-corrected chi connectivity index (χ3v) is 3.17. The average Bonchev–Trinajstić information content (AvgIpc) is 2.36. The van der Waals surface area contributed by atoms with Gasteiger partial charge in [0.05, 0.1) is 0 Å². The van der Waals surface area contributed by atoms with Crippen molar-refractivity contribution in [3.63, 3.8) is 0 Å². The summed E-state index contributed by atoms with van der Waals surface area (Å²) in [5.41, 5.74) is 2.02. The van der Waals surface area contributed by atoms with Crippen molar-refractivity contribution in [1.82, 2.24) is 4.98 Å². The maximum absolute atomic E-state index is 12.1. The summed E-state index contributed by atoms with van der Waals surface area (Å²) in [4.78, 5) is 16.2. The maximum Gasteiger partial charge on any atom is 0.256 e. The van der Waals surface area contributed by atoms with Crippen molar-refractivity contribution in [2.24, 2.45) is 0 Å². The van der Waals surface area contributed by atoms with Crippen LogP contribution in [0.2, 0.25) is 0 Å². The fourth-order valence-corrected chi connectivity index (χ4v) is 2.09. The lowest BCUT2D eigenvalue weighted by atomic mass is 10.1. The second-order valence-electron chi connectivity index (χ2n) is 4.27. The highest BCUT2D eigenvalue weighted by atomic mass is 79.9. The van der Waals surface area contributed by atoms with Crippen molar-refractivity contribution in [2.75, 3.05) is 5.32 Å². The van der Waals surface area contributed by atoms with Crippen LogP contribution in [0.1, 0.15) is 21.5 Å². The highest BCUT2D eigenvalue weighted by Crippen LogP contribution is 2.20. The highest BCUT2D eigenvalue weighted by molar-refractivity contribution is 9.10. The Bertz CT molecular complexity index is 641. The Labute approximate surface area is 119 Å². The number of aromatic hydroxyl groups is 1. The van der Waals surface area contributed by atoms with E-state index in [2.05, 4.69) is 26.2 Å². The molecule has 2 rings (SSSR count). The second kappa shape index (κ2) is 5.40. The molecule has 98 valence electrons.